The normalized spacial score (nSPS) is 16.9. The molecule has 24 heavy (non-hydrogen) atoms. The molecular formula is C15H15ClN6OS. The summed E-state index contributed by atoms with van der Waals surface area (Å²) in [6, 6.07) is 3.63. The molecule has 3 heterocycles. The first-order chi connectivity index (χ1) is 11.6. The van der Waals surface area contributed by atoms with E-state index in [-0.39, 0.29) is 0 Å². The summed E-state index contributed by atoms with van der Waals surface area (Å²) in [4.78, 5) is 23.4. The minimum absolute atomic E-state index is 0.535. The lowest BCUT2D eigenvalue weighted by molar-refractivity contribution is 0.398. The van der Waals surface area contributed by atoms with Crippen LogP contribution in [0.2, 0.25) is 0 Å². The average molecular weight is 363 g/mol. The predicted octanol–water partition coefficient (Wildman–Crippen LogP) is 2.76. The zero-order chi connectivity index (χ0) is 17.1. The Bertz CT molecular complexity index is 795. The number of pyridine rings is 1. The molecule has 0 amide bonds. The van der Waals surface area contributed by atoms with Crippen molar-refractivity contribution in [2.45, 2.75) is 17.7 Å². The van der Waals surface area contributed by atoms with Gasteiger partial charge in [-0.05, 0) is 19.2 Å². The smallest absolute Gasteiger partial charge is 0.213 e. The Balaban J connectivity index is 1.96. The first kappa shape index (κ1) is 16.7. The molecule has 0 aromatic carbocycles. The van der Waals surface area contributed by atoms with Gasteiger partial charge in [-0.1, -0.05) is 23.4 Å². The van der Waals surface area contributed by atoms with Crippen molar-refractivity contribution in [3.63, 3.8) is 0 Å². The van der Waals surface area contributed by atoms with Crippen LogP contribution in [0.1, 0.15) is 11.6 Å². The molecule has 1 aliphatic heterocycles. The van der Waals surface area contributed by atoms with Crippen LogP contribution in [-0.4, -0.2) is 45.1 Å². The van der Waals surface area contributed by atoms with Crippen molar-refractivity contribution >= 4 is 40.8 Å². The number of aliphatic imine (C=N–C) groups is 1. The minimum atomic E-state index is -0.563. The highest BCUT2D eigenvalue weighted by Gasteiger charge is 2.20. The number of ether oxygens (including phenoxy) is 1. The van der Waals surface area contributed by atoms with E-state index < -0.39 is 5.62 Å². The molecule has 3 rings (SSSR count). The number of thioether (sulfide) groups is 1. The lowest BCUT2D eigenvalue weighted by Gasteiger charge is -2.26. The van der Waals surface area contributed by atoms with Gasteiger partial charge in [0.25, 0.3) is 0 Å². The molecular weight excluding hydrogens is 348 g/mol. The number of hydrogen-bond acceptors (Lipinski definition) is 8. The fraction of sp³-hybridized carbons (Fsp3) is 0.267. The van der Waals surface area contributed by atoms with Crippen LogP contribution in [0.15, 0.2) is 34.7 Å². The first-order valence-electron chi connectivity index (χ1n) is 7.05. The van der Waals surface area contributed by atoms with Crippen molar-refractivity contribution in [2.24, 2.45) is 4.99 Å². The van der Waals surface area contributed by atoms with Gasteiger partial charge in [-0.3, -0.25) is 4.99 Å². The molecule has 0 spiro atoms. The van der Waals surface area contributed by atoms with Gasteiger partial charge >= 0.3 is 0 Å². The van der Waals surface area contributed by atoms with Gasteiger partial charge in [-0.25, -0.2) is 19.9 Å². The first-order valence-corrected chi connectivity index (χ1v) is 8.71. The van der Waals surface area contributed by atoms with Gasteiger partial charge in [0.05, 0.1) is 24.6 Å². The molecule has 0 saturated heterocycles. The van der Waals surface area contributed by atoms with Crippen LogP contribution in [0.5, 0.6) is 5.88 Å². The Morgan fingerprint density at radius 3 is 2.75 bits per heavy atom. The number of allylic oxidation sites excluding steroid dienone is 1. The SMILES string of the molecule is COc1ccc(N2C=C(c3nc(C)nc(SC)n3)C=NC2Cl)cn1. The number of alkyl halides is 1. The van der Waals surface area contributed by atoms with Crippen LogP contribution in [0.3, 0.4) is 0 Å². The molecule has 1 unspecified atom stereocenters. The summed E-state index contributed by atoms with van der Waals surface area (Å²) in [6.07, 6.45) is 7.12. The summed E-state index contributed by atoms with van der Waals surface area (Å²) >= 11 is 7.77. The summed E-state index contributed by atoms with van der Waals surface area (Å²) in [5.74, 6) is 1.75. The number of aromatic nitrogens is 4. The molecule has 0 N–H and O–H groups in total. The van der Waals surface area contributed by atoms with E-state index in [2.05, 4.69) is 24.9 Å². The van der Waals surface area contributed by atoms with Crippen molar-refractivity contribution in [1.29, 1.82) is 0 Å². The number of aryl methyl sites for hydroxylation is 1. The van der Waals surface area contributed by atoms with Gasteiger partial charge in [0.2, 0.25) is 11.5 Å². The third-order valence-electron chi connectivity index (χ3n) is 3.24. The Morgan fingerprint density at radius 2 is 2.08 bits per heavy atom. The molecule has 0 radical (unpaired) electrons. The Morgan fingerprint density at radius 1 is 1.25 bits per heavy atom. The third kappa shape index (κ3) is 3.49. The number of methoxy groups -OCH3 is 1. The van der Waals surface area contributed by atoms with Gasteiger partial charge in [0.15, 0.2) is 11.0 Å². The summed E-state index contributed by atoms with van der Waals surface area (Å²) < 4.78 is 5.08. The highest BCUT2D eigenvalue weighted by atomic mass is 35.5. The standard InChI is InChI=1S/C15H15ClN6OS/c1-9-19-13(21-15(20-9)24-3)10-6-18-14(16)22(8-10)11-4-5-12(23-2)17-7-11/h4-8,14H,1-3H3. The second-order valence-corrected chi connectivity index (χ2v) is 6.00. The second kappa shape index (κ2) is 7.14. The summed E-state index contributed by atoms with van der Waals surface area (Å²) in [5.41, 5.74) is 0.983. The lowest BCUT2D eigenvalue weighted by Crippen LogP contribution is -2.28. The molecule has 124 valence electrons. The quantitative estimate of drug-likeness (QED) is 0.470. The number of hydrogen-bond donors (Lipinski definition) is 0. The second-order valence-electron chi connectivity index (χ2n) is 4.83. The number of nitrogens with zero attached hydrogens (tertiary/aromatic N) is 6. The monoisotopic (exact) mass is 362 g/mol. The summed E-state index contributed by atoms with van der Waals surface area (Å²) in [6.45, 7) is 1.83. The van der Waals surface area contributed by atoms with Crippen LogP contribution >= 0.6 is 23.4 Å². The van der Waals surface area contributed by atoms with Crippen LogP contribution in [0.25, 0.3) is 5.57 Å². The fourth-order valence-corrected chi connectivity index (χ4v) is 2.72. The molecule has 1 aliphatic rings. The largest absolute Gasteiger partial charge is 0.481 e. The summed E-state index contributed by atoms with van der Waals surface area (Å²) in [5, 5.41) is 0.664. The number of anilines is 1. The molecule has 2 aromatic rings. The lowest BCUT2D eigenvalue weighted by atomic mass is 10.2. The van der Waals surface area contributed by atoms with Crippen molar-refractivity contribution in [1.82, 2.24) is 19.9 Å². The van der Waals surface area contributed by atoms with Crippen LogP contribution < -0.4 is 9.64 Å². The van der Waals surface area contributed by atoms with Gasteiger partial charge in [0, 0.05) is 18.5 Å². The van der Waals surface area contributed by atoms with Crippen LogP contribution in [0, 0.1) is 6.92 Å². The highest BCUT2D eigenvalue weighted by molar-refractivity contribution is 7.98. The van der Waals surface area contributed by atoms with Crippen molar-refractivity contribution in [3.05, 3.63) is 36.2 Å². The zero-order valence-corrected chi connectivity index (χ0v) is 14.9. The third-order valence-corrected chi connectivity index (χ3v) is 4.11. The number of halogens is 1. The Hall–Kier alpha value is -2.19. The molecule has 7 nitrogen and oxygen atoms in total. The van der Waals surface area contributed by atoms with Crippen molar-refractivity contribution in [2.75, 3.05) is 18.3 Å². The van der Waals surface area contributed by atoms with Gasteiger partial charge < -0.3 is 9.64 Å². The maximum Gasteiger partial charge on any atom is 0.213 e. The van der Waals surface area contributed by atoms with E-state index in [4.69, 9.17) is 16.3 Å². The topological polar surface area (TPSA) is 76.4 Å². The van der Waals surface area contributed by atoms with E-state index in [0.717, 1.165) is 11.3 Å². The molecule has 9 heteroatoms. The number of rotatable bonds is 4. The zero-order valence-electron chi connectivity index (χ0n) is 13.3. The average Bonchev–Trinajstić information content (AvgIpc) is 2.61. The predicted molar refractivity (Wildman–Crippen MR) is 95.7 cm³/mol. The van der Waals surface area contributed by atoms with Crippen molar-refractivity contribution < 1.29 is 4.74 Å². The maximum absolute atomic E-state index is 6.30. The van der Waals surface area contributed by atoms with Crippen molar-refractivity contribution in [3.8, 4) is 5.88 Å². The minimum Gasteiger partial charge on any atom is -0.481 e. The van der Waals surface area contributed by atoms with Crippen LogP contribution in [-0.2, 0) is 0 Å². The molecule has 0 aliphatic carbocycles. The van der Waals surface area contributed by atoms with Gasteiger partial charge in [0.1, 0.15) is 5.82 Å². The summed E-state index contributed by atoms with van der Waals surface area (Å²) in [7, 11) is 1.57. The fourth-order valence-electron chi connectivity index (χ4n) is 2.09. The molecule has 2 aromatic heterocycles. The molecule has 0 saturated carbocycles. The van der Waals surface area contributed by atoms with E-state index in [0.29, 0.717) is 22.7 Å². The van der Waals surface area contributed by atoms with Crippen LogP contribution in [0.4, 0.5) is 5.69 Å². The van der Waals surface area contributed by atoms with E-state index in [9.17, 15) is 0 Å². The van der Waals surface area contributed by atoms with E-state index in [1.54, 1.807) is 30.5 Å². The van der Waals surface area contributed by atoms with Gasteiger partial charge in [-0.15, -0.1) is 0 Å². The molecule has 0 bridgehead atoms. The molecule has 1 atom stereocenters. The van der Waals surface area contributed by atoms with E-state index in [1.165, 1.54) is 11.8 Å². The Kier molecular flexibility index (Phi) is 4.96. The molecule has 0 fully saturated rings. The maximum atomic E-state index is 6.30. The Labute approximate surface area is 148 Å². The van der Waals surface area contributed by atoms with E-state index in [1.807, 2.05) is 25.4 Å². The van der Waals surface area contributed by atoms with E-state index >= 15 is 0 Å². The van der Waals surface area contributed by atoms with Gasteiger partial charge in [-0.2, -0.15) is 0 Å². The highest BCUT2D eigenvalue weighted by Crippen LogP contribution is 2.26.